The summed E-state index contributed by atoms with van der Waals surface area (Å²) < 4.78 is 13.3. The number of carbonyl (C=O) groups is 2. The number of pyridine rings is 1. The van der Waals surface area contributed by atoms with Crippen LogP contribution < -0.4 is 15.5 Å². The van der Waals surface area contributed by atoms with Gasteiger partial charge < -0.3 is 10.2 Å². The highest BCUT2D eigenvalue weighted by molar-refractivity contribution is 5.96. The molecule has 7 nitrogen and oxygen atoms in total. The number of carbonyl (C=O) groups excluding carboxylic acids is 2. The standard InChI is InChI=1S/C20H24FN5O2/c1-15(19(27)24-20(28)23-12-16-5-3-2-4-6-16)25-7-9-26(10-8-25)18-11-17(21)13-22-14-18/h2-6,11,13-15H,7-10,12H2,1H3,(H2,23,24,27,28)/t15-/m1/s1. The van der Waals surface area contributed by atoms with Gasteiger partial charge in [-0.05, 0) is 12.5 Å². The number of anilines is 1. The first-order valence-corrected chi connectivity index (χ1v) is 9.25. The predicted octanol–water partition coefficient (Wildman–Crippen LogP) is 1.76. The molecule has 1 aliphatic rings. The minimum atomic E-state index is -0.509. The monoisotopic (exact) mass is 385 g/mol. The van der Waals surface area contributed by atoms with E-state index >= 15 is 0 Å². The van der Waals surface area contributed by atoms with E-state index in [0.717, 1.165) is 11.3 Å². The summed E-state index contributed by atoms with van der Waals surface area (Å²) in [7, 11) is 0. The second-order valence-corrected chi connectivity index (χ2v) is 6.72. The molecule has 148 valence electrons. The number of nitrogens with zero attached hydrogens (tertiary/aromatic N) is 3. The maximum atomic E-state index is 13.3. The van der Waals surface area contributed by atoms with Gasteiger partial charge in [0, 0.05) is 38.8 Å². The van der Waals surface area contributed by atoms with Gasteiger partial charge in [0.2, 0.25) is 5.91 Å². The molecule has 0 unspecified atom stereocenters. The maximum Gasteiger partial charge on any atom is 0.321 e. The molecule has 2 heterocycles. The van der Waals surface area contributed by atoms with Crippen molar-refractivity contribution in [3.05, 3.63) is 60.2 Å². The molecule has 1 aromatic heterocycles. The normalized spacial score (nSPS) is 15.7. The second-order valence-electron chi connectivity index (χ2n) is 6.72. The molecular formula is C20H24FN5O2. The molecule has 1 aliphatic heterocycles. The van der Waals surface area contributed by atoms with Gasteiger partial charge in [0.05, 0.1) is 24.1 Å². The number of aromatic nitrogens is 1. The lowest BCUT2D eigenvalue weighted by molar-refractivity contribution is -0.124. The minimum Gasteiger partial charge on any atom is -0.368 e. The third-order valence-electron chi connectivity index (χ3n) is 4.83. The zero-order valence-corrected chi connectivity index (χ0v) is 15.8. The maximum absolute atomic E-state index is 13.3. The number of hydrogen-bond acceptors (Lipinski definition) is 5. The van der Waals surface area contributed by atoms with Gasteiger partial charge in [-0.2, -0.15) is 0 Å². The molecular weight excluding hydrogens is 361 g/mol. The van der Waals surface area contributed by atoms with Crippen molar-refractivity contribution in [1.29, 1.82) is 0 Å². The Morgan fingerprint density at radius 3 is 2.54 bits per heavy atom. The molecule has 28 heavy (non-hydrogen) atoms. The second kappa shape index (κ2) is 9.27. The van der Waals surface area contributed by atoms with Crippen LogP contribution in [0.3, 0.4) is 0 Å². The van der Waals surface area contributed by atoms with Gasteiger partial charge in [0.1, 0.15) is 5.82 Å². The highest BCUT2D eigenvalue weighted by atomic mass is 19.1. The fraction of sp³-hybridized carbons (Fsp3) is 0.350. The smallest absolute Gasteiger partial charge is 0.321 e. The number of urea groups is 1. The van der Waals surface area contributed by atoms with Crippen LogP contribution in [-0.2, 0) is 11.3 Å². The van der Waals surface area contributed by atoms with Gasteiger partial charge >= 0.3 is 6.03 Å². The number of imide groups is 1. The van der Waals surface area contributed by atoms with Crippen molar-refractivity contribution in [3.63, 3.8) is 0 Å². The lowest BCUT2D eigenvalue weighted by atomic mass is 10.2. The lowest BCUT2D eigenvalue weighted by Gasteiger charge is -2.38. The first-order valence-electron chi connectivity index (χ1n) is 9.25. The molecule has 1 fully saturated rings. The molecule has 1 saturated heterocycles. The van der Waals surface area contributed by atoms with E-state index in [1.165, 1.54) is 12.3 Å². The van der Waals surface area contributed by atoms with Crippen LogP contribution in [0.2, 0.25) is 0 Å². The summed E-state index contributed by atoms with van der Waals surface area (Å²) in [6, 6.07) is 10.00. The Hall–Kier alpha value is -3.00. The predicted molar refractivity (Wildman–Crippen MR) is 104 cm³/mol. The number of halogens is 1. The molecule has 3 amide bonds. The molecule has 3 rings (SSSR count). The minimum absolute atomic E-state index is 0.341. The van der Waals surface area contributed by atoms with Crippen molar-refractivity contribution in [2.75, 3.05) is 31.1 Å². The third-order valence-corrected chi connectivity index (χ3v) is 4.83. The highest BCUT2D eigenvalue weighted by Crippen LogP contribution is 2.17. The topological polar surface area (TPSA) is 77.6 Å². The highest BCUT2D eigenvalue weighted by Gasteiger charge is 2.26. The molecule has 1 atom stereocenters. The molecule has 0 spiro atoms. The van der Waals surface area contributed by atoms with Crippen molar-refractivity contribution in [2.45, 2.75) is 19.5 Å². The van der Waals surface area contributed by atoms with E-state index in [1.54, 1.807) is 13.1 Å². The number of amides is 3. The van der Waals surface area contributed by atoms with Crippen LogP contribution in [0.1, 0.15) is 12.5 Å². The van der Waals surface area contributed by atoms with E-state index in [1.807, 2.05) is 40.1 Å². The van der Waals surface area contributed by atoms with Crippen molar-refractivity contribution >= 4 is 17.6 Å². The Kier molecular flexibility index (Phi) is 6.54. The van der Waals surface area contributed by atoms with E-state index in [2.05, 4.69) is 15.6 Å². The Morgan fingerprint density at radius 1 is 1.14 bits per heavy atom. The van der Waals surface area contributed by atoms with Crippen LogP contribution in [0.4, 0.5) is 14.9 Å². The molecule has 0 radical (unpaired) electrons. The van der Waals surface area contributed by atoms with E-state index in [9.17, 15) is 14.0 Å². The van der Waals surface area contributed by atoms with E-state index in [0.29, 0.717) is 32.7 Å². The van der Waals surface area contributed by atoms with Crippen LogP contribution >= 0.6 is 0 Å². The molecule has 0 bridgehead atoms. The number of benzene rings is 1. The first-order chi connectivity index (χ1) is 13.5. The summed E-state index contributed by atoms with van der Waals surface area (Å²) in [5, 5.41) is 5.08. The SMILES string of the molecule is C[C@H](C(=O)NC(=O)NCc1ccccc1)N1CCN(c2cncc(F)c2)CC1. The van der Waals surface area contributed by atoms with E-state index < -0.39 is 12.1 Å². The summed E-state index contributed by atoms with van der Waals surface area (Å²) in [5.41, 5.74) is 1.69. The fourth-order valence-corrected chi connectivity index (χ4v) is 3.15. The van der Waals surface area contributed by atoms with Crippen molar-refractivity contribution in [2.24, 2.45) is 0 Å². The van der Waals surface area contributed by atoms with Crippen molar-refractivity contribution in [1.82, 2.24) is 20.5 Å². The zero-order chi connectivity index (χ0) is 19.9. The van der Waals surface area contributed by atoms with Gasteiger partial charge in [-0.1, -0.05) is 30.3 Å². The molecule has 0 aliphatic carbocycles. The summed E-state index contributed by atoms with van der Waals surface area (Å²) in [5.74, 6) is -0.708. The summed E-state index contributed by atoms with van der Waals surface area (Å²) in [4.78, 5) is 32.3. The van der Waals surface area contributed by atoms with Gasteiger partial charge in [-0.3, -0.25) is 20.0 Å². The van der Waals surface area contributed by atoms with E-state index in [4.69, 9.17) is 0 Å². The molecule has 2 aromatic rings. The van der Waals surface area contributed by atoms with Crippen LogP contribution in [-0.4, -0.2) is 54.0 Å². The number of hydrogen-bond donors (Lipinski definition) is 2. The number of nitrogens with one attached hydrogen (secondary N) is 2. The average molecular weight is 385 g/mol. The number of piperazine rings is 1. The fourth-order valence-electron chi connectivity index (χ4n) is 3.15. The summed E-state index contributed by atoms with van der Waals surface area (Å²) in [6.45, 7) is 4.72. The Labute approximate surface area is 163 Å². The van der Waals surface area contributed by atoms with Crippen LogP contribution in [0.15, 0.2) is 48.8 Å². The van der Waals surface area contributed by atoms with Gasteiger partial charge in [0.15, 0.2) is 0 Å². The zero-order valence-electron chi connectivity index (χ0n) is 15.8. The Balaban J connectivity index is 1.44. The molecule has 8 heteroatoms. The molecule has 2 N–H and O–H groups in total. The Morgan fingerprint density at radius 2 is 1.86 bits per heavy atom. The average Bonchev–Trinajstić information content (AvgIpc) is 2.72. The van der Waals surface area contributed by atoms with Gasteiger partial charge in [-0.15, -0.1) is 0 Å². The van der Waals surface area contributed by atoms with Crippen molar-refractivity contribution < 1.29 is 14.0 Å². The molecule has 0 saturated carbocycles. The van der Waals surface area contributed by atoms with Gasteiger partial charge in [0.25, 0.3) is 0 Å². The van der Waals surface area contributed by atoms with E-state index in [-0.39, 0.29) is 11.7 Å². The largest absolute Gasteiger partial charge is 0.368 e. The molecule has 1 aromatic carbocycles. The quantitative estimate of drug-likeness (QED) is 0.820. The van der Waals surface area contributed by atoms with Crippen molar-refractivity contribution in [3.8, 4) is 0 Å². The summed E-state index contributed by atoms with van der Waals surface area (Å²) >= 11 is 0. The third kappa shape index (κ3) is 5.26. The van der Waals surface area contributed by atoms with Crippen LogP contribution in [0, 0.1) is 5.82 Å². The van der Waals surface area contributed by atoms with Gasteiger partial charge in [-0.25, -0.2) is 9.18 Å². The first kappa shape index (κ1) is 19.8. The van der Waals surface area contributed by atoms with Crippen LogP contribution in [0.5, 0.6) is 0 Å². The summed E-state index contributed by atoms with van der Waals surface area (Å²) in [6.07, 6.45) is 2.81. The van der Waals surface area contributed by atoms with Crippen LogP contribution in [0.25, 0.3) is 0 Å². The Bertz CT molecular complexity index is 809. The lowest BCUT2D eigenvalue weighted by Crippen LogP contribution is -2.55. The number of rotatable bonds is 5.